The van der Waals surface area contributed by atoms with E-state index in [2.05, 4.69) is 16.0 Å². The molecule has 5 N–H and O–H groups in total. The van der Waals surface area contributed by atoms with E-state index >= 15 is 0 Å². The molecule has 0 spiro atoms. The summed E-state index contributed by atoms with van der Waals surface area (Å²) >= 11 is 0. The molecule has 2 aliphatic heterocycles. The third kappa shape index (κ3) is 8.64. The van der Waals surface area contributed by atoms with Crippen molar-refractivity contribution in [3.8, 4) is 0 Å². The first-order valence-corrected chi connectivity index (χ1v) is 13.6. The molecule has 0 aromatic rings. The summed E-state index contributed by atoms with van der Waals surface area (Å²) in [6.45, 7) is 15.0. The van der Waals surface area contributed by atoms with Gasteiger partial charge in [-0.05, 0) is 30.1 Å². The maximum absolute atomic E-state index is 13.8. The number of Topliss-reactive ketones (excluding diaryl/α,β-unsaturated/α-hetero) is 1. The fourth-order valence-corrected chi connectivity index (χ4v) is 4.71. The minimum Gasteiger partial charge on any atom is -0.458 e. The van der Waals surface area contributed by atoms with Gasteiger partial charge < -0.3 is 36.1 Å². The van der Waals surface area contributed by atoms with Crippen molar-refractivity contribution in [1.29, 1.82) is 0 Å². The van der Waals surface area contributed by atoms with Crippen molar-refractivity contribution in [3.05, 3.63) is 0 Å². The standard InChI is InChI=1S/C27H45N5O8/c1-14-11-17(22(35)29-15(2)18(33)21(28)34)32(12-14)23(36)19(26(3,4)5)30-25(38)31-20(27(6,7)8)24(37)40-16-9-10-39-13-16/h14-17,19-20H,9-13H2,1-8H3,(H2,28,34)(H,29,35)(H2,30,31,38)/t14?,15?,16?,17?,19-,20?/m1/s1. The van der Waals surface area contributed by atoms with E-state index in [1.807, 2.05) is 6.92 Å². The molecule has 13 nitrogen and oxygen atoms in total. The van der Waals surface area contributed by atoms with Crippen LogP contribution in [0, 0.1) is 16.7 Å². The number of nitrogens with one attached hydrogen (secondary N) is 3. The number of carbonyl (C=O) groups is 6. The lowest BCUT2D eigenvalue weighted by Crippen LogP contribution is -2.61. The normalized spacial score (nSPS) is 23.5. The van der Waals surface area contributed by atoms with Crippen molar-refractivity contribution < 1.29 is 38.2 Å². The van der Waals surface area contributed by atoms with Crippen molar-refractivity contribution in [2.45, 2.75) is 98.5 Å². The van der Waals surface area contributed by atoms with E-state index in [-0.39, 0.29) is 18.6 Å². The largest absolute Gasteiger partial charge is 0.458 e. The monoisotopic (exact) mass is 567 g/mol. The Bertz CT molecular complexity index is 996. The molecule has 40 heavy (non-hydrogen) atoms. The first kappa shape index (κ1) is 33.0. The molecule has 0 radical (unpaired) electrons. The zero-order valence-electron chi connectivity index (χ0n) is 24.8. The van der Waals surface area contributed by atoms with E-state index in [0.717, 1.165) is 0 Å². The summed E-state index contributed by atoms with van der Waals surface area (Å²) < 4.78 is 10.8. The van der Waals surface area contributed by atoms with Gasteiger partial charge in [0.1, 0.15) is 24.2 Å². The smallest absolute Gasteiger partial charge is 0.329 e. The van der Waals surface area contributed by atoms with Crippen LogP contribution in [0.1, 0.15) is 68.2 Å². The number of primary amides is 1. The SMILES string of the molecule is CC1CC(C(=O)NC(C)C(=O)C(N)=O)N(C(=O)[C@@H](NC(=O)NC(C(=O)OC2CCOC2)C(C)(C)C)C(C)(C)C)C1. The van der Waals surface area contributed by atoms with Crippen LogP contribution in [-0.4, -0.2) is 90.4 Å². The number of carbonyl (C=O) groups excluding carboxylic acids is 6. The Morgan fingerprint density at radius 2 is 1.52 bits per heavy atom. The highest BCUT2D eigenvalue weighted by Gasteiger charge is 2.45. The predicted octanol–water partition coefficient (Wildman–Crippen LogP) is 0.243. The Morgan fingerprint density at radius 3 is 2.02 bits per heavy atom. The van der Waals surface area contributed by atoms with Crippen molar-refractivity contribution >= 4 is 35.5 Å². The van der Waals surface area contributed by atoms with Crippen LogP contribution in [-0.2, 0) is 33.4 Å². The first-order valence-electron chi connectivity index (χ1n) is 13.6. The van der Waals surface area contributed by atoms with Crippen LogP contribution in [0.25, 0.3) is 0 Å². The summed E-state index contributed by atoms with van der Waals surface area (Å²) in [5, 5.41) is 7.85. The average molecular weight is 568 g/mol. The molecule has 13 heteroatoms. The molecule has 0 aromatic heterocycles. The van der Waals surface area contributed by atoms with E-state index in [0.29, 0.717) is 26.1 Å². The fraction of sp³-hybridized carbons (Fsp3) is 0.778. The summed E-state index contributed by atoms with van der Waals surface area (Å²) in [6, 6.07) is -4.85. The quantitative estimate of drug-likeness (QED) is 0.225. The summed E-state index contributed by atoms with van der Waals surface area (Å²) in [5.74, 6) is -3.83. The van der Waals surface area contributed by atoms with Gasteiger partial charge >= 0.3 is 12.0 Å². The number of nitrogens with two attached hydrogens (primary N) is 1. The molecule has 5 unspecified atom stereocenters. The summed E-state index contributed by atoms with van der Waals surface area (Å²) in [6.07, 6.45) is 0.529. The second-order valence-electron chi connectivity index (χ2n) is 12.9. The van der Waals surface area contributed by atoms with Gasteiger partial charge in [0.15, 0.2) is 0 Å². The minimum absolute atomic E-state index is 0.0316. The average Bonchev–Trinajstić information content (AvgIpc) is 3.47. The molecule has 2 fully saturated rings. The zero-order valence-corrected chi connectivity index (χ0v) is 24.8. The highest BCUT2D eigenvalue weighted by atomic mass is 16.6. The molecule has 0 aliphatic carbocycles. The Morgan fingerprint density at radius 1 is 0.950 bits per heavy atom. The second-order valence-corrected chi connectivity index (χ2v) is 12.9. The zero-order chi connectivity index (χ0) is 30.6. The van der Waals surface area contributed by atoms with Crippen LogP contribution in [0.15, 0.2) is 0 Å². The van der Waals surface area contributed by atoms with Crippen molar-refractivity contribution in [3.63, 3.8) is 0 Å². The number of ether oxygens (including phenoxy) is 2. The fourth-order valence-electron chi connectivity index (χ4n) is 4.71. The minimum atomic E-state index is -1.17. The van der Waals surface area contributed by atoms with Gasteiger partial charge in [-0.2, -0.15) is 0 Å². The third-order valence-electron chi connectivity index (χ3n) is 7.03. The second kappa shape index (κ2) is 13.0. The number of esters is 1. The van der Waals surface area contributed by atoms with Crippen LogP contribution in [0.3, 0.4) is 0 Å². The molecule has 5 amide bonds. The molecule has 2 rings (SSSR count). The highest BCUT2D eigenvalue weighted by molar-refractivity contribution is 6.37. The molecule has 2 aliphatic rings. The Labute approximate surface area is 235 Å². The van der Waals surface area contributed by atoms with Gasteiger partial charge in [-0.15, -0.1) is 0 Å². The molecule has 2 heterocycles. The summed E-state index contributed by atoms with van der Waals surface area (Å²) in [5.41, 5.74) is 3.57. The summed E-state index contributed by atoms with van der Waals surface area (Å²) in [4.78, 5) is 77.5. The van der Waals surface area contributed by atoms with E-state index in [1.165, 1.54) is 11.8 Å². The number of ketones is 1. The Kier molecular flexibility index (Phi) is 10.7. The molecule has 0 saturated carbocycles. The molecule has 226 valence electrons. The maximum Gasteiger partial charge on any atom is 0.329 e. The first-order chi connectivity index (χ1) is 18.3. The van der Waals surface area contributed by atoms with E-state index in [4.69, 9.17) is 15.2 Å². The molecule has 6 atom stereocenters. The highest BCUT2D eigenvalue weighted by Crippen LogP contribution is 2.29. The van der Waals surface area contributed by atoms with Gasteiger partial charge in [-0.3, -0.25) is 19.2 Å². The maximum atomic E-state index is 13.8. The molecule has 0 aromatic carbocycles. The van der Waals surface area contributed by atoms with Crippen molar-refractivity contribution in [1.82, 2.24) is 20.9 Å². The summed E-state index contributed by atoms with van der Waals surface area (Å²) in [7, 11) is 0. The topological polar surface area (TPSA) is 186 Å². The number of hydrogen-bond acceptors (Lipinski definition) is 8. The van der Waals surface area contributed by atoms with Crippen LogP contribution in [0.2, 0.25) is 0 Å². The van der Waals surface area contributed by atoms with Gasteiger partial charge in [-0.1, -0.05) is 48.5 Å². The molecular weight excluding hydrogens is 522 g/mol. The molecule has 2 saturated heterocycles. The van der Waals surface area contributed by atoms with Crippen LogP contribution < -0.4 is 21.7 Å². The molecule has 0 bridgehead atoms. The lowest BCUT2D eigenvalue weighted by molar-refractivity contribution is -0.154. The van der Waals surface area contributed by atoms with Gasteiger partial charge in [0.2, 0.25) is 17.6 Å². The van der Waals surface area contributed by atoms with Crippen LogP contribution in [0.4, 0.5) is 4.79 Å². The lowest BCUT2D eigenvalue weighted by atomic mass is 9.85. The van der Waals surface area contributed by atoms with Crippen molar-refractivity contribution in [2.75, 3.05) is 19.8 Å². The Hall–Kier alpha value is -3.22. The van der Waals surface area contributed by atoms with Crippen LogP contribution in [0.5, 0.6) is 0 Å². The van der Waals surface area contributed by atoms with E-state index in [9.17, 15) is 28.8 Å². The number of urea groups is 1. The van der Waals surface area contributed by atoms with Gasteiger partial charge in [0, 0.05) is 13.0 Å². The number of hydrogen-bond donors (Lipinski definition) is 4. The number of rotatable bonds is 9. The molecular formula is C27H45N5O8. The lowest BCUT2D eigenvalue weighted by Gasteiger charge is -2.36. The number of amides is 5. The number of likely N-dealkylation sites (tertiary alicyclic amines) is 1. The van der Waals surface area contributed by atoms with Gasteiger partial charge in [-0.25, -0.2) is 9.59 Å². The predicted molar refractivity (Wildman–Crippen MR) is 145 cm³/mol. The number of nitrogens with zero attached hydrogens (tertiary/aromatic N) is 1. The van der Waals surface area contributed by atoms with Gasteiger partial charge in [0.05, 0.1) is 19.3 Å². The van der Waals surface area contributed by atoms with E-state index < -0.39 is 70.5 Å². The Balaban J connectivity index is 2.19. The van der Waals surface area contributed by atoms with Crippen molar-refractivity contribution in [2.24, 2.45) is 22.5 Å². The van der Waals surface area contributed by atoms with E-state index in [1.54, 1.807) is 41.5 Å². The van der Waals surface area contributed by atoms with Crippen LogP contribution >= 0.6 is 0 Å². The van der Waals surface area contributed by atoms with Gasteiger partial charge in [0.25, 0.3) is 5.91 Å². The third-order valence-corrected chi connectivity index (χ3v) is 7.03.